The maximum Gasteiger partial charge on any atom is 0.339 e. The second-order valence-corrected chi connectivity index (χ2v) is 8.41. The fraction of sp³-hybridized carbons (Fsp3) is 0.0870. The van der Waals surface area contributed by atoms with E-state index < -0.39 is 10.1 Å². The van der Waals surface area contributed by atoms with Crippen molar-refractivity contribution < 1.29 is 22.1 Å². The van der Waals surface area contributed by atoms with Crippen molar-refractivity contribution in [1.29, 1.82) is 0 Å². The Morgan fingerprint density at radius 1 is 0.862 bits per heavy atom. The lowest BCUT2D eigenvalue weighted by Crippen LogP contribution is -2.09. The van der Waals surface area contributed by atoms with Gasteiger partial charge in [0, 0.05) is 6.07 Å². The molecule has 6 heteroatoms. The van der Waals surface area contributed by atoms with Crippen molar-refractivity contribution in [2.45, 2.75) is 18.7 Å². The first-order chi connectivity index (χ1) is 13.8. The van der Waals surface area contributed by atoms with Gasteiger partial charge in [-0.05, 0) is 49.8 Å². The average Bonchev–Trinajstić information content (AvgIpc) is 2.98. The molecule has 0 N–H and O–H groups in total. The molecule has 5 nitrogen and oxygen atoms in total. The van der Waals surface area contributed by atoms with Crippen LogP contribution in [0.4, 0.5) is 0 Å². The van der Waals surface area contributed by atoms with Crippen LogP contribution in [0.5, 0.6) is 11.5 Å². The standard InChI is InChI=1S/C23H18O5S/c1-15-3-7-17(8-4-15)13-22-23(24)20-12-9-18(14-21(20)27-22)28-29(25,26)19-10-5-16(2)6-11-19/h3-14H,1-2H3/b22-13-. The molecule has 3 aromatic carbocycles. The molecule has 0 radical (unpaired) electrons. The molecule has 0 amide bonds. The van der Waals surface area contributed by atoms with Crippen molar-refractivity contribution in [3.63, 3.8) is 0 Å². The molecular weight excluding hydrogens is 388 g/mol. The molecule has 0 saturated carbocycles. The zero-order chi connectivity index (χ0) is 20.6. The van der Waals surface area contributed by atoms with Gasteiger partial charge in [0.25, 0.3) is 0 Å². The minimum absolute atomic E-state index is 0.0561. The fourth-order valence-electron chi connectivity index (χ4n) is 2.91. The Balaban J connectivity index is 1.59. The summed E-state index contributed by atoms with van der Waals surface area (Å²) >= 11 is 0. The number of fused-ring (bicyclic) bond motifs is 1. The lowest BCUT2D eigenvalue weighted by molar-refractivity contribution is 0.101. The molecule has 29 heavy (non-hydrogen) atoms. The van der Waals surface area contributed by atoms with Crippen LogP contribution in [-0.2, 0) is 10.1 Å². The molecule has 4 rings (SSSR count). The smallest absolute Gasteiger partial charge is 0.339 e. The number of carbonyl (C=O) groups excluding carboxylic acids is 1. The first-order valence-corrected chi connectivity index (χ1v) is 10.4. The first-order valence-electron chi connectivity index (χ1n) is 8.98. The summed E-state index contributed by atoms with van der Waals surface area (Å²) < 4.78 is 35.8. The van der Waals surface area contributed by atoms with Crippen molar-refractivity contribution in [2.75, 3.05) is 0 Å². The number of ketones is 1. The first kappa shape index (κ1) is 19.0. The minimum Gasteiger partial charge on any atom is -0.452 e. The number of aryl methyl sites for hydroxylation is 2. The average molecular weight is 406 g/mol. The van der Waals surface area contributed by atoms with E-state index in [1.807, 2.05) is 38.1 Å². The number of hydrogen-bond donors (Lipinski definition) is 0. The van der Waals surface area contributed by atoms with Gasteiger partial charge in [-0.2, -0.15) is 8.42 Å². The summed E-state index contributed by atoms with van der Waals surface area (Å²) in [6, 6.07) is 18.4. The van der Waals surface area contributed by atoms with E-state index in [0.717, 1.165) is 16.7 Å². The zero-order valence-electron chi connectivity index (χ0n) is 15.9. The van der Waals surface area contributed by atoms with E-state index in [9.17, 15) is 13.2 Å². The second kappa shape index (κ2) is 7.22. The van der Waals surface area contributed by atoms with Crippen LogP contribution in [0.25, 0.3) is 6.08 Å². The maximum absolute atomic E-state index is 12.6. The van der Waals surface area contributed by atoms with Gasteiger partial charge in [0.15, 0.2) is 5.76 Å². The molecule has 0 unspecified atom stereocenters. The molecule has 0 bridgehead atoms. The van der Waals surface area contributed by atoms with Crippen LogP contribution < -0.4 is 8.92 Å². The van der Waals surface area contributed by atoms with Gasteiger partial charge in [0.05, 0.1) is 5.56 Å². The summed E-state index contributed by atoms with van der Waals surface area (Å²) in [4.78, 5) is 12.6. The molecule has 0 saturated heterocycles. The van der Waals surface area contributed by atoms with Gasteiger partial charge in [-0.15, -0.1) is 0 Å². The minimum atomic E-state index is -3.98. The lowest BCUT2D eigenvalue weighted by Gasteiger charge is -2.08. The molecule has 0 atom stereocenters. The molecule has 0 aliphatic carbocycles. The largest absolute Gasteiger partial charge is 0.452 e. The van der Waals surface area contributed by atoms with Crippen LogP contribution in [0.15, 0.2) is 77.4 Å². The van der Waals surface area contributed by atoms with E-state index in [1.165, 1.54) is 30.3 Å². The lowest BCUT2D eigenvalue weighted by atomic mass is 10.1. The summed E-state index contributed by atoms with van der Waals surface area (Å²) in [5.74, 6) is 0.273. The molecule has 0 spiro atoms. The Bertz CT molecular complexity index is 1220. The van der Waals surface area contributed by atoms with Crippen LogP contribution >= 0.6 is 0 Å². The highest BCUT2D eigenvalue weighted by Gasteiger charge is 2.28. The van der Waals surface area contributed by atoms with E-state index in [1.54, 1.807) is 18.2 Å². The predicted octanol–water partition coefficient (Wildman–Crippen LogP) is 4.69. The van der Waals surface area contributed by atoms with Crippen LogP contribution in [0.2, 0.25) is 0 Å². The van der Waals surface area contributed by atoms with Crippen LogP contribution in [0, 0.1) is 13.8 Å². The summed E-state index contributed by atoms with van der Waals surface area (Å²) in [6.07, 6.45) is 1.66. The fourth-order valence-corrected chi connectivity index (χ4v) is 3.84. The Morgan fingerprint density at radius 3 is 2.14 bits per heavy atom. The van der Waals surface area contributed by atoms with E-state index in [4.69, 9.17) is 8.92 Å². The normalized spacial score (nSPS) is 14.6. The summed E-state index contributed by atoms with van der Waals surface area (Å²) in [6.45, 7) is 3.85. The third-order valence-corrected chi connectivity index (χ3v) is 5.79. The third kappa shape index (κ3) is 3.93. The number of allylic oxidation sites excluding steroid dienone is 1. The number of rotatable bonds is 4. The molecule has 0 fully saturated rings. The molecule has 146 valence electrons. The van der Waals surface area contributed by atoms with Crippen LogP contribution in [0.3, 0.4) is 0 Å². The number of Topliss-reactive ketones (excluding diaryl/α,β-unsaturated/α-hetero) is 1. The van der Waals surface area contributed by atoms with E-state index in [2.05, 4.69) is 0 Å². The van der Waals surface area contributed by atoms with Crippen molar-refractivity contribution >= 4 is 22.0 Å². The molecule has 1 aliphatic rings. The van der Waals surface area contributed by atoms with Gasteiger partial charge in [-0.25, -0.2) is 0 Å². The van der Waals surface area contributed by atoms with Gasteiger partial charge < -0.3 is 8.92 Å². The van der Waals surface area contributed by atoms with E-state index >= 15 is 0 Å². The van der Waals surface area contributed by atoms with Gasteiger partial charge in [-0.3, -0.25) is 4.79 Å². The van der Waals surface area contributed by atoms with Gasteiger partial charge in [0.2, 0.25) is 5.78 Å². The summed E-state index contributed by atoms with van der Waals surface area (Å²) in [5.41, 5.74) is 3.26. The van der Waals surface area contributed by atoms with Crippen molar-refractivity contribution in [1.82, 2.24) is 0 Å². The monoisotopic (exact) mass is 406 g/mol. The van der Waals surface area contributed by atoms with Crippen molar-refractivity contribution in [2.24, 2.45) is 0 Å². The Morgan fingerprint density at radius 2 is 1.48 bits per heavy atom. The molecule has 0 aromatic heterocycles. The Labute approximate surface area is 169 Å². The Hall–Kier alpha value is -3.38. The predicted molar refractivity (Wildman–Crippen MR) is 110 cm³/mol. The molecule has 1 aliphatic heterocycles. The number of ether oxygens (including phenoxy) is 1. The van der Waals surface area contributed by atoms with Gasteiger partial charge >= 0.3 is 10.1 Å². The third-order valence-electron chi connectivity index (χ3n) is 4.53. The highest BCUT2D eigenvalue weighted by atomic mass is 32.2. The van der Waals surface area contributed by atoms with E-state index in [0.29, 0.717) is 5.56 Å². The van der Waals surface area contributed by atoms with Crippen LogP contribution in [0.1, 0.15) is 27.0 Å². The highest BCUT2D eigenvalue weighted by Crippen LogP contribution is 2.35. The molecular formula is C23H18O5S. The summed E-state index contributed by atoms with van der Waals surface area (Å²) in [5, 5.41) is 0. The summed E-state index contributed by atoms with van der Waals surface area (Å²) in [7, 11) is -3.98. The van der Waals surface area contributed by atoms with Crippen LogP contribution in [-0.4, -0.2) is 14.2 Å². The maximum atomic E-state index is 12.6. The topological polar surface area (TPSA) is 69.7 Å². The number of hydrogen-bond acceptors (Lipinski definition) is 5. The quantitative estimate of drug-likeness (QED) is 0.464. The molecule has 1 heterocycles. The van der Waals surface area contributed by atoms with Gasteiger partial charge in [0.1, 0.15) is 16.4 Å². The zero-order valence-corrected chi connectivity index (χ0v) is 16.7. The SMILES string of the molecule is Cc1ccc(/C=C2\Oc3cc(OS(=O)(=O)c4ccc(C)cc4)ccc3C2=O)cc1. The molecule has 3 aromatic rings. The Kier molecular flexibility index (Phi) is 4.72. The second-order valence-electron chi connectivity index (χ2n) is 6.86. The number of carbonyl (C=O) groups is 1. The number of benzene rings is 3. The van der Waals surface area contributed by atoms with Crippen molar-refractivity contribution in [3.05, 3.63) is 94.7 Å². The highest BCUT2D eigenvalue weighted by molar-refractivity contribution is 7.87. The van der Waals surface area contributed by atoms with Gasteiger partial charge in [-0.1, -0.05) is 47.5 Å². The van der Waals surface area contributed by atoms with E-state index in [-0.39, 0.29) is 27.9 Å². The van der Waals surface area contributed by atoms with Crippen molar-refractivity contribution in [3.8, 4) is 11.5 Å².